The first-order valence-electron chi connectivity index (χ1n) is 5.82. The Balaban J connectivity index is 1.95. The molecule has 4 nitrogen and oxygen atoms in total. The van der Waals surface area contributed by atoms with Gasteiger partial charge in [-0.15, -0.1) is 0 Å². The molecule has 2 aliphatic heterocycles. The van der Waals surface area contributed by atoms with E-state index in [1.54, 1.807) is 6.92 Å². The molecule has 2 rings (SSSR count). The van der Waals surface area contributed by atoms with Crippen LogP contribution in [0.5, 0.6) is 0 Å². The quantitative estimate of drug-likeness (QED) is 0.723. The lowest BCUT2D eigenvalue weighted by atomic mass is 10.0. The molecule has 0 unspecified atom stereocenters. The van der Waals surface area contributed by atoms with Gasteiger partial charge in [-0.1, -0.05) is 6.92 Å². The highest BCUT2D eigenvalue weighted by Gasteiger charge is 2.48. The van der Waals surface area contributed by atoms with Crippen molar-refractivity contribution < 1.29 is 18.9 Å². The highest BCUT2D eigenvalue weighted by Crippen LogP contribution is 2.37. The summed E-state index contributed by atoms with van der Waals surface area (Å²) < 4.78 is 22.6. The summed E-state index contributed by atoms with van der Waals surface area (Å²) in [6.45, 7) is 6.43. The van der Waals surface area contributed by atoms with Crippen molar-refractivity contribution in [1.29, 1.82) is 0 Å². The summed E-state index contributed by atoms with van der Waals surface area (Å²) in [5.74, 6) is -0.910. The van der Waals surface area contributed by atoms with E-state index in [0.717, 1.165) is 19.3 Å². The molecule has 2 saturated heterocycles. The van der Waals surface area contributed by atoms with E-state index in [9.17, 15) is 0 Å². The predicted molar refractivity (Wildman–Crippen MR) is 54.2 cm³/mol. The lowest BCUT2D eigenvalue weighted by Gasteiger charge is -2.28. The van der Waals surface area contributed by atoms with Gasteiger partial charge in [0.25, 0.3) is 5.97 Å². The number of hydrogen-bond acceptors (Lipinski definition) is 4. The molecule has 4 atom stereocenters. The Morgan fingerprint density at radius 2 is 2.07 bits per heavy atom. The number of hydrogen-bond donors (Lipinski definition) is 0. The van der Waals surface area contributed by atoms with Crippen molar-refractivity contribution in [2.24, 2.45) is 0 Å². The minimum absolute atomic E-state index is 0.0318. The molecule has 0 spiro atoms. The largest absolute Gasteiger partial charge is 0.346 e. The second-order valence-corrected chi connectivity index (χ2v) is 4.18. The average Bonchev–Trinajstić information content (AvgIpc) is 2.53. The molecule has 0 aromatic carbocycles. The molecular formula is C11H20O4. The monoisotopic (exact) mass is 216 g/mol. The van der Waals surface area contributed by atoms with Crippen molar-refractivity contribution in [3.05, 3.63) is 0 Å². The fourth-order valence-electron chi connectivity index (χ4n) is 2.19. The third-order valence-corrected chi connectivity index (χ3v) is 2.96. The lowest BCUT2D eigenvalue weighted by Crippen LogP contribution is -2.36. The minimum atomic E-state index is -0.910. The second-order valence-electron chi connectivity index (χ2n) is 4.18. The SMILES string of the molecule is CCO[C@@]1(C)O[C@H]2O[C@H](CC)CC[C@H]2O1. The van der Waals surface area contributed by atoms with E-state index in [4.69, 9.17) is 18.9 Å². The zero-order valence-electron chi connectivity index (χ0n) is 9.69. The molecule has 0 bridgehead atoms. The van der Waals surface area contributed by atoms with Gasteiger partial charge in [0.05, 0.1) is 6.10 Å². The molecule has 0 saturated carbocycles. The summed E-state index contributed by atoms with van der Waals surface area (Å²) in [7, 11) is 0. The summed E-state index contributed by atoms with van der Waals surface area (Å²) in [5, 5.41) is 0. The van der Waals surface area contributed by atoms with E-state index < -0.39 is 5.97 Å². The van der Waals surface area contributed by atoms with Crippen LogP contribution in [-0.4, -0.2) is 31.1 Å². The van der Waals surface area contributed by atoms with E-state index in [2.05, 4.69) is 6.92 Å². The Morgan fingerprint density at radius 3 is 2.73 bits per heavy atom. The summed E-state index contributed by atoms with van der Waals surface area (Å²) in [5.41, 5.74) is 0. The third-order valence-electron chi connectivity index (χ3n) is 2.96. The molecule has 2 heterocycles. The molecule has 0 radical (unpaired) electrons. The van der Waals surface area contributed by atoms with Gasteiger partial charge < -0.3 is 14.2 Å². The van der Waals surface area contributed by atoms with Gasteiger partial charge in [0, 0.05) is 13.5 Å². The van der Waals surface area contributed by atoms with Crippen molar-refractivity contribution in [3.8, 4) is 0 Å². The van der Waals surface area contributed by atoms with E-state index in [0.29, 0.717) is 12.7 Å². The van der Waals surface area contributed by atoms with Gasteiger partial charge in [0.1, 0.15) is 6.10 Å². The van der Waals surface area contributed by atoms with E-state index in [1.807, 2.05) is 6.92 Å². The molecule has 0 N–H and O–H groups in total. The van der Waals surface area contributed by atoms with Crippen LogP contribution in [-0.2, 0) is 18.9 Å². The zero-order valence-corrected chi connectivity index (χ0v) is 9.69. The number of fused-ring (bicyclic) bond motifs is 1. The average molecular weight is 216 g/mol. The first-order valence-corrected chi connectivity index (χ1v) is 5.82. The summed E-state index contributed by atoms with van der Waals surface area (Å²) in [6, 6.07) is 0. The van der Waals surface area contributed by atoms with Crippen LogP contribution in [0.4, 0.5) is 0 Å². The molecule has 0 aromatic heterocycles. The van der Waals surface area contributed by atoms with Crippen LogP contribution in [0.2, 0.25) is 0 Å². The molecule has 4 heteroatoms. The standard InChI is InChI=1S/C11H20O4/c1-4-8-6-7-9-10(13-8)15-11(3,14-9)12-5-2/h8-10H,4-7H2,1-3H3/t8-,9-,10-,11-/m1/s1. The Hall–Kier alpha value is -0.160. The third kappa shape index (κ3) is 2.33. The van der Waals surface area contributed by atoms with Crippen LogP contribution in [0.25, 0.3) is 0 Å². The summed E-state index contributed by atoms with van der Waals surface area (Å²) in [4.78, 5) is 0. The van der Waals surface area contributed by atoms with Crippen LogP contribution in [0.3, 0.4) is 0 Å². The Labute approximate surface area is 90.8 Å². The molecule has 0 aromatic rings. The summed E-state index contributed by atoms with van der Waals surface area (Å²) >= 11 is 0. The first-order chi connectivity index (χ1) is 7.17. The molecule has 2 fully saturated rings. The molecule has 2 aliphatic rings. The van der Waals surface area contributed by atoms with Crippen LogP contribution in [0.1, 0.15) is 40.0 Å². The molecule has 88 valence electrons. The van der Waals surface area contributed by atoms with Gasteiger partial charge in [0.2, 0.25) is 0 Å². The fraction of sp³-hybridized carbons (Fsp3) is 1.00. The fourth-order valence-corrected chi connectivity index (χ4v) is 2.19. The van der Waals surface area contributed by atoms with Crippen molar-refractivity contribution >= 4 is 0 Å². The highest BCUT2D eigenvalue weighted by atomic mass is 16.9. The van der Waals surface area contributed by atoms with Gasteiger partial charge in [-0.2, -0.15) is 0 Å². The predicted octanol–water partition coefficient (Wildman–Crippen LogP) is 2.03. The van der Waals surface area contributed by atoms with E-state index >= 15 is 0 Å². The highest BCUT2D eigenvalue weighted by molar-refractivity contribution is 4.80. The zero-order chi connectivity index (χ0) is 10.9. The van der Waals surface area contributed by atoms with Gasteiger partial charge in [-0.3, -0.25) is 4.74 Å². The minimum Gasteiger partial charge on any atom is -0.346 e. The normalized spacial score (nSPS) is 45.4. The number of rotatable bonds is 3. The number of ether oxygens (including phenoxy) is 4. The molecule has 0 aliphatic carbocycles. The Kier molecular flexibility index (Phi) is 3.30. The Bertz CT molecular complexity index is 221. The van der Waals surface area contributed by atoms with E-state index in [1.165, 1.54) is 0 Å². The van der Waals surface area contributed by atoms with Crippen molar-refractivity contribution in [2.75, 3.05) is 6.61 Å². The van der Waals surface area contributed by atoms with Crippen LogP contribution < -0.4 is 0 Å². The Morgan fingerprint density at radius 1 is 1.27 bits per heavy atom. The maximum Gasteiger partial charge on any atom is 0.282 e. The maximum atomic E-state index is 5.77. The maximum absolute atomic E-state index is 5.77. The van der Waals surface area contributed by atoms with Gasteiger partial charge in [0.15, 0.2) is 6.29 Å². The van der Waals surface area contributed by atoms with Gasteiger partial charge in [-0.25, -0.2) is 0 Å². The van der Waals surface area contributed by atoms with Crippen molar-refractivity contribution in [2.45, 2.75) is 64.5 Å². The molecular weight excluding hydrogens is 196 g/mol. The van der Waals surface area contributed by atoms with Gasteiger partial charge in [-0.05, 0) is 26.2 Å². The van der Waals surface area contributed by atoms with Crippen LogP contribution >= 0.6 is 0 Å². The van der Waals surface area contributed by atoms with Crippen molar-refractivity contribution in [3.63, 3.8) is 0 Å². The molecule has 15 heavy (non-hydrogen) atoms. The topological polar surface area (TPSA) is 36.9 Å². The summed E-state index contributed by atoms with van der Waals surface area (Å²) in [6.07, 6.45) is 3.15. The first kappa shape index (κ1) is 11.3. The second kappa shape index (κ2) is 4.37. The van der Waals surface area contributed by atoms with E-state index in [-0.39, 0.29) is 12.4 Å². The lowest BCUT2D eigenvalue weighted by molar-refractivity contribution is -0.341. The van der Waals surface area contributed by atoms with Crippen LogP contribution in [0.15, 0.2) is 0 Å². The van der Waals surface area contributed by atoms with Crippen molar-refractivity contribution in [1.82, 2.24) is 0 Å². The van der Waals surface area contributed by atoms with Gasteiger partial charge >= 0.3 is 0 Å². The molecule has 0 amide bonds. The van der Waals surface area contributed by atoms with Crippen LogP contribution in [0, 0.1) is 0 Å². The smallest absolute Gasteiger partial charge is 0.282 e.